The Morgan fingerprint density at radius 1 is 1.05 bits per heavy atom. The summed E-state index contributed by atoms with van der Waals surface area (Å²) in [6, 6.07) is 1.63. The molecule has 1 aliphatic heterocycles. The molecule has 0 spiro atoms. The Morgan fingerprint density at radius 2 is 1.79 bits per heavy atom. The van der Waals surface area contributed by atoms with Gasteiger partial charge in [-0.25, -0.2) is 0 Å². The molecular weight excluding hydrogens is 234 g/mol. The van der Waals surface area contributed by atoms with Gasteiger partial charge in [0.05, 0.1) is 0 Å². The van der Waals surface area contributed by atoms with Crippen LogP contribution in [0.4, 0.5) is 0 Å². The van der Waals surface area contributed by atoms with Crippen molar-refractivity contribution >= 4 is 0 Å². The fourth-order valence-electron chi connectivity index (χ4n) is 4.11. The third-order valence-corrected chi connectivity index (χ3v) is 5.56. The minimum atomic E-state index is 0.474. The van der Waals surface area contributed by atoms with Gasteiger partial charge in [-0.3, -0.25) is 4.90 Å². The first kappa shape index (κ1) is 13.8. The van der Waals surface area contributed by atoms with Gasteiger partial charge in [0.1, 0.15) is 0 Å². The third-order valence-electron chi connectivity index (χ3n) is 5.56. The predicted octanol–water partition coefficient (Wildman–Crippen LogP) is 2.08. The molecule has 0 aromatic carbocycles. The Bertz CT molecular complexity index is 292. The molecule has 0 amide bonds. The Labute approximate surface area is 118 Å². The molecule has 19 heavy (non-hydrogen) atoms. The second-order valence-electron chi connectivity index (χ2n) is 7.34. The maximum atomic E-state index is 3.83. The molecule has 1 unspecified atom stereocenters. The zero-order chi connectivity index (χ0) is 13.3. The molecule has 1 saturated heterocycles. The number of nitrogens with zero attached hydrogens (tertiary/aromatic N) is 2. The maximum Gasteiger partial charge on any atom is 0.0330 e. The number of hydrogen-bond donors (Lipinski definition) is 1. The minimum absolute atomic E-state index is 0.474. The Balaban J connectivity index is 1.55. The van der Waals surface area contributed by atoms with Crippen molar-refractivity contribution in [3.05, 3.63) is 0 Å². The zero-order valence-corrected chi connectivity index (χ0v) is 12.8. The van der Waals surface area contributed by atoms with Gasteiger partial charge in [0, 0.05) is 30.7 Å². The molecule has 110 valence electrons. The van der Waals surface area contributed by atoms with E-state index in [1.54, 1.807) is 0 Å². The van der Waals surface area contributed by atoms with Crippen LogP contribution in [0.2, 0.25) is 0 Å². The van der Waals surface area contributed by atoms with Gasteiger partial charge < -0.3 is 10.2 Å². The van der Waals surface area contributed by atoms with E-state index >= 15 is 0 Å². The molecule has 3 aliphatic rings. The smallest absolute Gasteiger partial charge is 0.0330 e. The first-order valence-corrected chi connectivity index (χ1v) is 8.34. The van der Waals surface area contributed by atoms with E-state index in [0.29, 0.717) is 5.54 Å². The zero-order valence-electron chi connectivity index (χ0n) is 12.8. The minimum Gasteiger partial charge on any atom is -0.310 e. The van der Waals surface area contributed by atoms with Gasteiger partial charge >= 0.3 is 0 Å². The second-order valence-corrected chi connectivity index (χ2v) is 7.34. The van der Waals surface area contributed by atoms with Crippen molar-refractivity contribution in [1.29, 1.82) is 0 Å². The molecular formula is C16H31N3. The summed E-state index contributed by atoms with van der Waals surface area (Å²) in [5.41, 5.74) is 0.474. The molecule has 1 atom stereocenters. The van der Waals surface area contributed by atoms with Gasteiger partial charge in [-0.05, 0) is 59.2 Å². The largest absolute Gasteiger partial charge is 0.310 e. The summed E-state index contributed by atoms with van der Waals surface area (Å²) in [5.74, 6) is 0. The van der Waals surface area contributed by atoms with Crippen LogP contribution in [0.1, 0.15) is 51.4 Å². The fraction of sp³-hybridized carbons (Fsp3) is 1.00. The summed E-state index contributed by atoms with van der Waals surface area (Å²) < 4.78 is 0. The SMILES string of the molecule is CN(C)C1(CN2CCCC(NC3CC3)C2)CCCC1. The highest BCUT2D eigenvalue weighted by Crippen LogP contribution is 2.35. The van der Waals surface area contributed by atoms with Crippen molar-refractivity contribution in [2.45, 2.75) is 69.0 Å². The van der Waals surface area contributed by atoms with E-state index in [4.69, 9.17) is 0 Å². The van der Waals surface area contributed by atoms with E-state index < -0.39 is 0 Å². The highest BCUT2D eigenvalue weighted by Gasteiger charge is 2.38. The van der Waals surface area contributed by atoms with Gasteiger partial charge in [0.2, 0.25) is 0 Å². The first-order valence-electron chi connectivity index (χ1n) is 8.34. The molecule has 0 aromatic heterocycles. The van der Waals surface area contributed by atoms with Crippen LogP contribution >= 0.6 is 0 Å². The summed E-state index contributed by atoms with van der Waals surface area (Å²) in [6.07, 6.45) is 11.3. The number of piperidine rings is 1. The maximum absolute atomic E-state index is 3.83. The molecule has 3 nitrogen and oxygen atoms in total. The lowest BCUT2D eigenvalue weighted by molar-refractivity contribution is 0.0735. The molecule has 1 N–H and O–H groups in total. The van der Waals surface area contributed by atoms with Crippen molar-refractivity contribution in [1.82, 2.24) is 15.1 Å². The van der Waals surface area contributed by atoms with E-state index in [0.717, 1.165) is 12.1 Å². The van der Waals surface area contributed by atoms with Crippen LogP contribution in [0.15, 0.2) is 0 Å². The quantitative estimate of drug-likeness (QED) is 0.821. The summed E-state index contributed by atoms with van der Waals surface area (Å²) >= 11 is 0. The van der Waals surface area contributed by atoms with E-state index in [-0.39, 0.29) is 0 Å². The van der Waals surface area contributed by atoms with Gasteiger partial charge in [-0.1, -0.05) is 12.8 Å². The fourth-order valence-corrected chi connectivity index (χ4v) is 4.11. The Hall–Kier alpha value is -0.120. The van der Waals surface area contributed by atoms with Crippen LogP contribution in [-0.4, -0.2) is 61.2 Å². The van der Waals surface area contributed by atoms with Gasteiger partial charge in [-0.2, -0.15) is 0 Å². The molecule has 0 radical (unpaired) electrons. The lowest BCUT2D eigenvalue weighted by atomic mass is 9.93. The average molecular weight is 265 g/mol. The van der Waals surface area contributed by atoms with Crippen molar-refractivity contribution in [3.8, 4) is 0 Å². The highest BCUT2D eigenvalue weighted by atomic mass is 15.2. The van der Waals surface area contributed by atoms with E-state index in [2.05, 4.69) is 29.2 Å². The van der Waals surface area contributed by atoms with Gasteiger partial charge in [-0.15, -0.1) is 0 Å². The molecule has 0 bridgehead atoms. The first-order chi connectivity index (χ1) is 9.18. The number of nitrogens with one attached hydrogen (secondary N) is 1. The van der Waals surface area contributed by atoms with Crippen LogP contribution in [0, 0.1) is 0 Å². The molecule has 3 heteroatoms. The van der Waals surface area contributed by atoms with Crippen LogP contribution < -0.4 is 5.32 Å². The molecule has 0 aromatic rings. The van der Waals surface area contributed by atoms with Crippen LogP contribution in [0.5, 0.6) is 0 Å². The lowest BCUT2D eigenvalue weighted by Gasteiger charge is -2.43. The summed E-state index contributed by atoms with van der Waals surface area (Å²) in [5, 5.41) is 3.83. The van der Waals surface area contributed by atoms with Crippen molar-refractivity contribution < 1.29 is 0 Å². The van der Waals surface area contributed by atoms with Crippen LogP contribution in [0.3, 0.4) is 0 Å². The summed E-state index contributed by atoms with van der Waals surface area (Å²) in [7, 11) is 4.57. The summed E-state index contributed by atoms with van der Waals surface area (Å²) in [4.78, 5) is 5.26. The van der Waals surface area contributed by atoms with Gasteiger partial charge in [0.15, 0.2) is 0 Å². The van der Waals surface area contributed by atoms with E-state index in [9.17, 15) is 0 Å². The molecule has 3 rings (SSSR count). The standard InChI is InChI=1S/C16H31N3/c1-18(2)16(9-3-4-10-16)13-19-11-5-6-15(12-19)17-14-7-8-14/h14-15,17H,3-13H2,1-2H3. The predicted molar refractivity (Wildman–Crippen MR) is 80.5 cm³/mol. The van der Waals surface area contributed by atoms with Crippen molar-refractivity contribution in [3.63, 3.8) is 0 Å². The Kier molecular flexibility index (Phi) is 4.16. The van der Waals surface area contributed by atoms with E-state index in [1.165, 1.54) is 71.0 Å². The van der Waals surface area contributed by atoms with E-state index in [1.807, 2.05) is 0 Å². The average Bonchev–Trinajstić information content (AvgIpc) is 3.05. The lowest BCUT2D eigenvalue weighted by Crippen LogP contribution is -2.55. The molecule has 1 heterocycles. The molecule has 2 aliphatic carbocycles. The number of likely N-dealkylation sites (N-methyl/N-ethyl adjacent to an activating group) is 1. The summed E-state index contributed by atoms with van der Waals surface area (Å²) in [6.45, 7) is 3.90. The number of rotatable bonds is 5. The topological polar surface area (TPSA) is 18.5 Å². The van der Waals surface area contributed by atoms with Crippen LogP contribution in [0.25, 0.3) is 0 Å². The second kappa shape index (κ2) is 5.71. The third kappa shape index (κ3) is 3.32. The Morgan fingerprint density at radius 3 is 2.42 bits per heavy atom. The normalized spacial score (nSPS) is 32.1. The monoisotopic (exact) mass is 265 g/mol. The van der Waals surface area contributed by atoms with Crippen molar-refractivity contribution in [2.75, 3.05) is 33.7 Å². The number of likely N-dealkylation sites (tertiary alicyclic amines) is 1. The van der Waals surface area contributed by atoms with Gasteiger partial charge in [0.25, 0.3) is 0 Å². The molecule has 3 fully saturated rings. The number of hydrogen-bond acceptors (Lipinski definition) is 3. The molecule has 2 saturated carbocycles. The van der Waals surface area contributed by atoms with Crippen LogP contribution in [-0.2, 0) is 0 Å². The highest BCUT2D eigenvalue weighted by molar-refractivity contribution is 4.97. The van der Waals surface area contributed by atoms with Crippen molar-refractivity contribution in [2.24, 2.45) is 0 Å².